The highest BCUT2D eigenvalue weighted by molar-refractivity contribution is 5.92. The number of nitrogens with one attached hydrogen (secondary N) is 1. The molecular weight excluding hydrogens is 330 g/mol. The Morgan fingerprint density at radius 1 is 1.12 bits per heavy atom. The fourth-order valence-electron chi connectivity index (χ4n) is 3.28. The Bertz CT molecular complexity index is 800. The van der Waals surface area contributed by atoms with Gasteiger partial charge in [-0.3, -0.25) is 9.59 Å². The first-order chi connectivity index (χ1) is 12.6. The van der Waals surface area contributed by atoms with E-state index in [0.717, 1.165) is 18.4 Å². The summed E-state index contributed by atoms with van der Waals surface area (Å²) in [6, 6.07) is 10.0. The van der Waals surface area contributed by atoms with Gasteiger partial charge in [-0.2, -0.15) is 0 Å². The zero-order valence-electron chi connectivity index (χ0n) is 14.9. The Hall–Kier alpha value is -2.63. The van der Waals surface area contributed by atoms with Crippen LogP contribution in [0.4, 0.5) is 0 Å². The molecule has 4 rings (SSSR count). The van der Waals surface area contributed by atoms with Crippen molar-refractivity contribution in [1.29, 1.82) is 0 Å². The number of hydrogen-bond acceptors (Lipinski definition) is 4. The zero-order valence-corrected chi connectivity index (χ0v) is 14.9. The van der Waals surface area contributed by atoms with Crippen LogP contribution in [0.25, 0.3) is 11.3 Å². The van der Waals surface area contributed by atoms with Crippen molar-refractivity contribution in [1.82, 2.24) is 15.4 Å². The molecule has 1 N–H and O–H groups in total. The predicted molar refractivity (Wildman–Crippen MR) is 96.5 cm³/mol. The molecule has 0 bridgehead atoms. The van der Waals surface area contributed by atoms with Gasteiger partial charge >= 0.3 is 0 Å². The van der Waals surface area contributed by atoms with E-state index >= 15 is 0 Å². The summed E-state index contributed by atoms with van der Waals surface area (Å²) in [4.78, 5) is 26.5. The maximum Gasteiger partial charge on any atom is 0.292 e. The van der Waals surface area contributed by atoms with Crippen LogP contribution in [-0.4, -0.2) is 41.0 Å². The van der Waals surface area contributed by atoms with Gasteiger partial charge in [0.15, 0.2) is 0 Å². The lowest BCUT2D eigenvalue weighted by atomic mass is 9.95. The SMILES string of the molecule is Cc1ccc(-c2cc(C(=O)N3CCC(C(=O)NC4CC4)CC3)on2)cc1. The van der Waals surface area contributed by atoms with Gasteiger partial charge in [0, 0.05) is 36.7 Å². The predicted octanol–water partition coefficient (Wildman–Crippen LogP) is 2.78. The van der Waals surface area contributed by atoms with E-state index in [0.29, 0.717) is 37.7 Å². The van der Waals surface area contributed by atoms with Crippen molar-refractivity contribution in [2.45, 2.75) is 38.6 Å². The van der Waals surface area contributed by atoms with Gasteiger partial charge in [0.05, 0.1) is 0 Å². The molecule has 1 saturated heterocycles. The Morgan fingerprint density at radius 2 is 1.81 bits per heavy atom. The van der Waals surface area contributed by atoms with Crippen LogP contribution in [0.15, 0.2) is 34.9 Å². The quantitative estimate of drug-likeness (QED) is 0.917. The molecule has 1 aromatic carbocycles. The Labute approximate surface area is 152 Å². The minimum absolute atomic E-state index is 0.0116. The van der Waals surface area contributed by atoms with Crippen LogP contribution in [0.3, 0.4) is 0 Å². The number of nitrogens with zero attached hydrogens (tertiary/aromatic N) is 2. The van der Waals surface area contributed by atoms with E-state index in [1.54, 1.807) is 11.0 Å². The number of amides is 2. The summed E-state index contributed by atoms with van der Waals surface area (Å²) in [6.07, 6.45) is 3.59. The Kier molecular flexibility index (Phi) is 4.49. The van der Waals surface area contributed by atoms with Gasteiger partial charge in [0.25, 0.3) is 5.91 Å². The van der Waals surface area contributed by atoms with Crippen molar-refractivity contribution < 1.29 is 14.1 Å². The van der Waals surface area contributed by atoms with Gasteiger partial charge in [-0.1, -0.05) is 35.0 Å². The molecule has 26 heavy (non-hydrogen) atoms. The summed E-state index contributed by atoms with van der Waals surface area (Å²) in [5, 5.41) is 7.08. The maximum absolute atomic E-state index is 12.7. The molecule has 6 heteroatoms. The first-order valence-electron chi connectivity index (χ1n) is 9.23. The third-order valence-electron chi connectivity index (χ3n) is 5.14. The third-order valence-corrected chi connectivity index (χ3v) is 5.14. The largest absolute Gasteiger partial charge is 0.353 e. The molecule has 1 saturated carbocycles. The van der Waals surface area contributed by atoms with E-state index in [4.69, 9.17) is 4.52 Å². The Balaban J connectivity index is 1.36. The highest BCUT2D eigenvalue weighted by atomic mass is 16.5. The van der Waals surface area contributed by atoms with Crippen LogP contribution in [0.1, 0.15) is 41.8 Å². The fraction of sp³-hybridized carbons (Fsp3) is 0.450. The van der Waals surface area contributed by atoms with Crippen molar-refractivity contribution in [2.24, 2.45) is 5.92 Å². The van der Waals surface area contributed by atoms with Crippen LogP contribution in [0.2, 0.25) is 0 Å². The number of rotatable bonds is 4. The molecular formula is C20H23N3O3. The number of hydrogen-bond donors (Lipinski definition) is 1. The van der Waals surface area contributed by atoms with E-state index in [2.05, 4.69) is 10.5 Å². The molecule has 2 aromatic rings. The van der Waals surface area contributed by atoms with Crippen molar-refractivity contribution in [3.63, 3.8) is 0 Å². The fourth-order valence-corrected chi connectivity index (χ4v) is 3.28. The van der Waals surface area contributed by atoms with Gasteiger partial charge in [0.2, 0.25) is 11.7 Å². The molecule has 1 aliphatic heterocycles. The molecule has 6 nitrogen and oxygen atoms in total. The normalized spacial score (nSPS) is 18.0. The standard InChI is InChI=1S/C20H23N3O3/c1-13-2-4-14(5-3-13)17-12-18(26-22-17)20(25)23-10-8-15(9-11-23)19(24)21-16-6-7-16/h2-5,12,15-16H,6-11H2,1H3,(H,21,24). The van der Waals surface area contributed by atoms with Gasteiger partial charge < -0.3 is 14.7 Å². The average Bonchev–Trinajstić information content (AvgIpc) is 3.34. The lowest BCUT2D eigenvalue weighted by Gasteiger charge is -2.30. The van der Waals surface area contributed by atoms with E-state index < -0.39 is 0 Å². The summed E-state index contributed by atoms with van der Waals surface area (Å²) >= 11 is 0. The van der Waals surface area contributed by atoms with Crippen LogP contribution in [-0.2, 0) is 4.79 Å². The molecule has 0 radical (unpaired) electrons. The molecule has 136 valence electrons. The summed E-state index contributed by atoms with van der Waals surface area (Å²) in [5.41, 5.74) is 2.75. The number of aromatic nitrogens is 1. The molecule has 0 spiro atoms. The number of carbonyl (C=O) groups excluding carboxylic acids is 2. The number of likely N-dealkylation sites (tertiary alicyclic amines) is 1. The first kappa shape index (κ1) is 16.8. The van der Waals surface area contributed by atoms with Crippen molar-refractivity contribution in [2.75, 3.05) is 13.1 Å². The third kappa shape index (κ3) is 3.64. The minimum atomic E-state index is -0.156. The summed E-state index contributed by atoms with van der Waals surface area (Å²) in [5.74, 6) is 0.247. The summed E-state index contributed by atoms with van der Waals surface area (Å²) < 4.78 is 5.28. The second-order valence-electron chi connectivity index (χ2n) is 7.29. The van der Waals surface area contributed by atoms with E-state index in [9.17, 15) is 9.59 Å². The van der Waals surface area contributed by atoms with Gasteiger partial charge in [-0.15, -0.1) is 0 Å². The van der Waals surface area contributed by atoms with Crippen LogP contribution in [0, 0.1) is 12.8 Å². The van der Waals surface area contributed by atoms with Crippen molar-refractivity contribution >= 4 is 11.8 Å². The molecule has 1 aromatic heterocycles. The van der Waals surface area contributed by atoms with Gasteiger partial charge in [0.1, 0.15) is 5.69 Å². The lowest BCUT2D eigenvalue weighted by molar-refractivity contribution is -0.126. The summed E-state index contributed by atoms with van der Waals surface area (Å²) in [7, 11) is 0. The number of aryl methyl sites for hydroxylation is 1. The zero-order chi connectivity index (χ0) is 18.1. The topological polar surface area (TPSA) is 75.4 Å². The summed E-state index contributed by atoms with van der Waals surface area (Å²) in [6.45, 7) is 3.17. The van der Waals surface area contributed by atoms with Gasteiger partial charge in [-0.05, 0) is 32.6 Å². The molecule has 2 amide bonds. The monoisotopic (exact) mass is 353 g/mol. The highest BCUT2D eigenvalue weighted by Gasteiger charge is 2.32. The van der Waals surface area contributed by atoms with E-state index in [1.807, 2.05) is 31.2 Å². The minimum Gasteiger partial charge on any atom is -0.353 e. The van der Waals surface area contributed by atoms with E-state index in [-0.39, 0.29) is 23.5 Å². The average molecular weight is 353 g/mol. The number of piperidine rings is 1. The molecule has 2 aliphatic rings. The smallest absolute Gasteiger partial charge is 0.292 e. The van der Waals surface area contributed by atoms with E-state index in [1.165, 1.54) is 5.56 Å². The Morgan fingerprint density at radius 3 is 2.46 bits per heavy atom. The molecule has 2 fully saturated rings. The molecule has 0 atom stereocenters. The van der Waals surface area contributed by atoms with Crippen molar-refractivity contribution in [3.8, 4) is 11.3 Å². The van der Waals surface area contributed by atoms with Crippen LogP contribution in [0.5, 0.6) is 0 Å². The second-order valence-corrected chi connectivity index (χ2v) is 7.29. The highest BCUT2D eigenvalue weighted by Crippen LogP contribution is 2.25. The molecule has 0 unspecified atom stereocenters. The number of benzene rings is 1. The lowest BCUT2D eigenvalue weighted by Crippen LogP contribution is -2.43. The molecule has 1 aliphatic carbocycles. The van der Waals surface area contributed by atoms with Crippen LogP contribution >= 0.6 is 0 Å². The maximum atomic E-state index is 12.7. The molecule has 2 heterocycles. The van der Waals surface area contributed by atoms with Crippen molar-refractivity contribution in [3.05, 3.63) is 41.7 Å². The first-order valence-corrected chi connectivity index (χ1v) is 9.23. The second kappa shape index (κ2) is 6.94. The van der Waals surface area contributed by atoms with Gasteiger partial charge in [-0.25, -0.2) is 0 Å². The number of carbonyl (C=O) groups is 2. The van der Waals surface area contributed by atoms with Crippen LogP contribution < -0.4 is 5.32 Å².